The van der Waals surface area contributed by atoms with Gasteiger partial charge in [-0.05, 0) is 56.0 Å². The molecule has 160 valence electrons. The van der Waals surface area contributed by atoms with E-state index in [4.69, 9.17) is 4.98 Å². The zero-order valence-electron chi connectivity index (χ0n) is 18.2. The Hall–Kier alpha value is -3.52. The smallest absolute Gasteiger partial charge is 0.262 e. The first kappa shape index (κ1) is 20.7. The summed E-state index contributed by atoms with van der Waals surface area (Å²) in [5, 5.41) is 17.1. The molecule has 0 fully saturated rings. The fourth-order valence-electron chi connectivity index (χ4n) is 3.48. The van der Waals surface area contributed by atoms with Gasteiger partial charge in [-0.3, -0.25) is 4.79 Å². The summed E-state index contributed by atoms with van der Waals surface area (Å²) in [6.45, 7) is 6.18. The van der Waals surface area contributed by atoms with Crippen LogP contribution in [0.15, 0.2) is 47.7 Å². The molecule has 8 heteroatoms. The Kier molecular flexibility index (Phi) is 5.32. The van der Waals surface area contributed by atoms with Crippen molar-refractivity contribution in [3.63, 3.8) is 0 Å². The summed E-state index contributed by atoms with van der Waals surface area (Å²) in [7, 11) is 1.99. The molecule has 0 radical (unpaired) electrons. The summed E-state index contributed by atoms with van der Waals surface area (Å²) >= 11 is 0. The molecule has 0 unspecified atom stereocenters. The number of rotatable bonds is 6. The molecular formula is C23H27N6O2+. The maximum atomic E-state index is 13.0. The van der Waals surface area contributed by atoms with Gasteiger partial charge in [0, 0.05) is 24.5 Å². The Morgan fingerprint density at radius 3 is 2.65 bits per heavy atom. The molecule has 0 aliphatic carbocycles. The number of hydrogen-bond acceptors (Lipinski definition) is 6. The molecule has 1 aliphatic heterocycles. The number of fused-ring (bicyclic) bond motifs is 1. The largest absolute Gasteiger partial charge is 0.395 e. The molecule has 1 aliphatic rings. The van der Waals surface area contributed by atoms with Crippen LogP contribution in [0.2, 0.25) is 0 Å². The van der Waals surface area contributed by atoms with E-state index in [1.54, 1.807) is 12.4 Å². The number of hydrogen-bond donors (Lipinski definition) is 3. The second-order valence-corrected chi connectivity index (χ2v) is 8.67. The van der Waals surface area contributed by atoms with Gasteiger partial charge in [0.2, 0.25) is 0 Å². The Labute approximate surface area is 180 Å². The van der Waals surface area contributed by atoms with E-state index in [2.05, 4.69) is 28.0 Å². The average Bonchev–Trinajstić information content (AvgIpc) is 2.66. The van der Waals surface area contributed by atoms with E-state index in [0.29, 0.717) is 22.8 Å². The minimum Gasteiger partial charge on any atom is -0.395 e. The number of nitrogens with one attached hydrogen (secondary N) is 2. The molecule has 3 aromatic rings. The fourth-order valence-corrected chi connectivity index (χ4v) is 3.48. The third-order valence-electron chi connectivity index (χ3n) is 4.83. The van der Waals surface area contributed by atoms with Crippen LogP contribution in [0.5, 0.6) is 0 Å². The van der Waals surface area contributed by atoms with Crippen molar-refractivity contribution < 1.29 is 9.68 Å². The van der Waals surface area contributed by atoms with Crippen molar-refractivity contribution in [3.05, 3.63) is 58.8 Å². The van der Waals surface area contributed by atoms with E-state index < -0.39 is 0 Å². The van der Waals surface area contributed by atoms with Crippen molar-refractivity contribution >= 4 is 40.0 Å². The van der Waals surface area contributed by atoms with Crippen molar-refractivity contribution in [3.8, 4) is 0 Å². The Morgan fingerprint density at radius 2 is 1.97 bits per heavy atom. The summed E-state index contributed by atoms with van der Waals surface area (Å²) in [4.78, 5) is 22.1. The van der Waals surface area contributed by atoms with E-state index in [1.807, 2.05) is 56.7 Å². The quantitative estimate of drug-likeness (QED) is 0.532. The topological polar surface area (TPSA) is 95.1 Å². The zero-order valence-corrected chi connectivity index (χ0v) is 18.2. The monoisotopic (exact) mass is 419 g/mol. The van der Waals surface area contributed by atoms with Gasteiger partial charge < -0.3 is 20.3 Å². The average molecular weight is 420 g/mol. The summed E-state index contributed by atoms with van der Waals surface area (Å²) in [6.07, 6.45) is 7.56. The van der Waals surface area contributed by atoms with E-state index in [9.17, 15) is 9.90 Å². The number of aliphatic hydroxyl groups excluding tert-OH is 1. The Bertz CT molecular complexity index is 1270. The first-order valence-corrected chi connectivity index (χ1v) is 10.2. The van der Waals surface area contributed by atoms with Crippen molar-refractivity contribution in [1.29, 1.82) is 0 Å². The van der Waals surface area contributed by atoms with Crippen LogP contribution in [0.4, 0.5) is 17.5 Å². The lowest BCUT2D eigenvalue weighted by atomic mass is 10.1. The van der Waals surface area contributed by atoms with Gasteiger partial charge in [0.15, 0.2) is 12.4 Å². The SMILES string of the molecule is C[N+]1=CC(c2ccnc(Nc3cc4ccn(CCO)c(=O)c4c(NC(C)(C)C)n3)c2)=C1. The summed E-state index contributed by atoms with van der Waals surface area (Å²) in [6, 6.07) is 7.63. The number of anilines is 3. The molecule has 3 N–H and O–H groups in total. The summed E-state index contributed by atoms with van der Waals surface area (Å²) < 4.78 is 3.50. The van der Waals surface area contributed by atoms with Gasteiger partial charge in [0.25, 0.3) is 5.56 Å². The summed E-state index contributed by atoms with van der Waals surface area (Å²) in [5.41, 5.74) is 1.73. The van der Waals surface area contributed by atoms with E-state index in [0.717, 1.165) is 16.5 Å². The van der Waals surface area contributed by atoms with Crippen LogP contribution >= 0.6 is 0 Å². The summed E-state index contributed by atoms with van der Waals surface area (Å²) in [5.74, 6) is 1.76. The van der Waals surface area contributed by atoms with Crippen LogP contribution in [-0.4, -0.2) is 49.6 Å². The third kappa shape index (κ3) is 4.49. The first-order chi connectivity index (χ1) is 14.7. The molecule has 0 aromatic carbocycles. The van der Waals surface area contributed by atoms with Crippen LogP contribution in [0.3, 0.4) is 0 Å². The molecule has 4 heterocycles. The van der Waals surface area contributed by atoms with Gasteiger partial charge in [-0.25, -0.2) is 14.5 Å². The van der Waals surface area contributed by atoms with Gasteiger partial charge in [0.1, 0.15) is 30.1 Å². The molecule has 8 nitrogen and oxygen atoms in total. The van der Waals surface area contributed by atoms with Crippen molar-refractivity contribution in [2.75, 3.05) is 24.3 Å². The van der Waals surface area contributed by atoms with Gasteiger partial charge >= 0.3 is 0 Å². The lowest BCUT2D eigenvalue weighted by molar-refractivity contribution is -0.423. The highest BCUT2D eigenvalue weighted by Crippen LogP contribution is 2.27. The highest BCUT2D eigenvalue weighted by molar-refractivity contribution is 6.10. The van der Waals surface area contributed by atoms with Crippen LogP contribution in [0, 0.1) is 0 Å². The first-order valence-electron chi connectivity index (χ1n) is 10.2. The van der Waals surface area contributed by atoms with Crippen molar-refractivity contribution in [2.24, 2.45) is 0 Å². The predicted molar refractivity (Wildman–Crippen MR) is 124 cm³/mol. The zero-order chi connectivity index (χ0) is 22.2. The van der Waals surface area contributed by atoms with Gasteiger partial charge in [-0.15, -0.1) is 0 Å². The van der Waals surface area contributed by atoms with Crippen molar-refractivity contribution in [2.45, 2.75) is 32.9 Å². The normalized spacial score (nSPS) is 13.5. The molecule has 0 saturated carbocycles. The van der Waals surface area contributed by atoms with Gasteiger partial charge in [0.05, 0.1) is 12.0 Å². The number of nitrogens with zero attached hydrogens (tertiary/aromatic N) is 4. The molecular weight excluding hydrogens is 392 g/mol. The molecule has 0 spiro atoms. The fraction of sp³-hybridized carbons (Fsp3) is 0.304. The van der Waals surface area contributed by atoms with Crippen LogP contribution in [-0.2, 0) is 6.54 Å². The Morgan fingerprint density at radius 1 is 1.19 bits per heavy atom. The second kappa shape index (κ2) is 7.96. The molecule has 3 aromatic heterocycles. The third-order valence-corrected chi connectivity index (χ3v) is 4.83. The standard InChI is InChI=1S/C23H26N6O2/c1-23(2,3)27-21-20-16(6-8-29(9-10-30)22(20)31)12-19(26-21)25-18-11-15(5-7-24-18)17-13-28(4)14-17/h5-8,11-14,30H,9-10H2,1-4H3,(H-,24,25,26,27,31)/p+1. The van der Waals surface area contributed by atoms with Crippen LogP contribution in [0.25, 0.3) is 16.3 Å². The second-order valence-electron chi connectivity index (χ2n) is 8.67. The number of aliphatic hydroxyl groups is 1. The lowest BCUT2D eigenvalue weighted by Gasteiger charge is -2.23. The minimum atomic E-state index is -0.292. The Balaban J connectivity index is 1.75. The van der Waals surface area contributed by atoms with E-state index in [1.165, 1.54) is 4.57 Å². The van der Waals surface area contributed by atoms with Gasteiger partial charge in [-0.1, -0.05) is 0 Å². The molecule has 0 saturated heterocycles. The molecule has 31 heavy (non-hydrogen) atoms. The molecule has 0 atom stereocenters. The number of pyridine rings is 3. The number of allylic oxidation sites excluding steroid dienone is 1. The molecule has 0 bridgehead atoms. The van der Waals surface area contributed by atoms with E-state index in [-0.39, 0.29) is 24.2 Å². The number of aromatic nitrogens is 3. The van der Waals surface area contributed by atoms with Crippen LogP contribution in [0.1, 0.15) is 26.3 Å². The molecule has 4 rings (SSSR count). The van der Waals surface area contributed by atoms with E-state index >= 15 is 0 Å². The highest BCUT2D eigenvalue weighted by Gasteiger charge is 2.18. The van der Waals surface area contributed by atoms with Gasteiger partial charge in [-0.2, -0.15) is 0 Å². The maximum absolute atomic E-state index is 13.0. The molecule has 0 amide bonds. The van der Waals surface area contributed by atoms with Crippen LogP contribution < -0.4 is 16.2 Å². The highest BCUT2D eigenvalue weighted by atomic mass is 16.3. The van der Waals surface area contributed by atoms with Crippen molar-refractivity contribution in [1.82, 2.24) is 14.5 Å². The maximum Gasteiger partial charge on any atom is 0.262 e. The predicted octanol–water partition coefficient (Wildman–Crippen LogP) is 2.81. The lowest BCUT2D eigenvalue weighted by Crippen LogP contribution is -2.29. The minimum absolute atomic E-state index is 0.105.